The van der Waals surface area contributed by atoms with Gasteiger partial charge in [0.1, 0.15) is 0 Å². The van der Waals surface area contributed by atoms with Gasteiger partial charge in [-0.05, 0) is 50.6 Å². The Morgan fingerprint density at radius 1 is 1.25 bits per heavy atom. The van der Waals surface area contributed by atoms with Crippen LogP contribution in [-0.4, -0.2) is 43.0 Å². The molecule has 1 aromatic rings. The zero-order valence-corrected chi connectivity index (χ0v) is 12.5. The molecule has 110 valence electrons. The zero-order chi connectivity index (χ0) is 14.4. The first-order valence-corrected chi connectivity index (χ1v) is 7.60. The highest BCUT2D eigenvalue weighted by molar-refractivity contribution is 5.94. The maximum atomic E-state index is 12.0. The number of carbonyl (C=O) groups excluding carboxylic acids is 1. The van der Waals surface area contributed by atoms with Crippen LogP contribution in [0, 0.1) is 0 Å². The van der Waals surface area contributed by atoms with Crippen LogP contribution in [-0.2, 0) is 0 Å². The number of amides is 1. The molecule has 0 atom stereocenters. The van der Waals surface area contributed by atoms with Crippen LogP contribution in [0.15, 0.2) is 24.3 Å². The van der Waals surface area contributed by atoms with E-state index in [1.165, 1.54) is 12.8 Å². The van der Waals surface area contributed by atoms with Crippen molar-refractivity contribution in [3.05, 3.63) is 29.8 Å². The van der Waals surface area contributed by atoms with E-state index in [9.17, 15) is 4.79 Å². The highest BCUT2D eigenvalue weighted by Crippen LogP contribution is 2.25. The van der Waals surface area contributed by atoms with Gasteiger partial charge in [-0.15, -0.1) is 0 Å². The lowest BCUT2D eigenvalue weighted by Gasteiger charge is -2.19. The first-order valence-electron chi connectivity index (χ1n) is 7.60. The molecule has 2 N–H and O–H groups in total. The van der Waals surface area contributed by atoms with Gasteiger partial charge in [0.25, 0.3) is 5.91 Å². The summed E-state index contributed by atoms with van der Waals surface area (Å²) in [5.41, 5.74) is 1.77. The summed E-state index contributed by atoms with van der Waals surface area (Å²) in [6.07, 6.45) is 2.63. The minimum atomic E-state index is 0.0138. The molecule has 0 saturated heterocycles. The summed E-state index contributed by atoms with van der Waals surface area (Å²) in [7, 11) is 0. The third-order valence-corrected chi connectivity index (χ3v) is 3.68. The SMILES string of the molecule is CCNc1ccc(C(=O)NCCN(CC)C2CC2)cc1. The van der Waals surface area contributed by atoms with Crippen molar-refractivity contribution in [2.45, 2.75) is 32.7 Å². The number of benzene rings is 1. The number of rotatable bonds is 8. The average molecular weight is 275 g/mol. The minimum Gasteiger partial charge on any atom is -0.385 e. The largest absolute Gasteiger partial charge is 0.385 e. The normalized spacial score (nSPS) is 14.3. The Balaban J connectivity index is 1.76. The second-order valence-corrected chi connectivity index (χ2v) is 5.22. The molecule has 1 saturated carbocycles. The molecule has 1 aromatic carbocycles. The van der Waals surface area contributed by atoms with E-state index in [0.717, 1.165) is 43.5 Å². The summed E-state index contributed by atoms with van der Waals surface area (Å²) >= 11 is 0. The summed E-state index contributed by atoms with van der Waals surface area (Å²) in [5, 5.41) is 6.22. The molecular weight excluding hydrogens is 250 g/mol. The monoisotopic (exact) mass is 275 g/mol. The first-order chi connectivity index (χ1) is 9.74. The number of nitrogens with one attached hydrogen (secondary N) is 2. The van der Waals surface area contributed by atoms with Gasteiger partial charge in [-0.3, -0.25) is 9.69 Å². The van der Waals surface area contributed by atoms with Gasteiger partial charge < -0.3 is 10.6 Å². The van der Waals surface area contributed by atoms with Crippen molar-refractivity contribution in [2.24, 2.45) is 0 Å². The number of anilines is 1. The van der Waals surface area contributed by atoms with Crippen LogP contribution < -0.4 is 10.6 Å². The number of carbonyl (C=O) groups is 1. The minimum absolute atomic E-state index is 0.0138. The first kappa shape index (κ1) is 14.9. The highest BCUT2D eigenvalue weighted by Gasteiger charge is 2.27. The fraction of sp³-hybridized carbons (Fsp3) is 0.562. The van der Waals surface area contributed by atoms with E-state index in [2.05, 4.69) is 29.4 Å². The van der Waals surface area contributed by atoms with Gasteiger partial charge in [-0.1, -0.05) is 6.92 Å². The molecule has 1 amide bonds. The van der Waals surface area contributed by atoms with Crippen LogP contribution in [0.25, 0.3) is 0 Å². The summed E-state index contributed by atoms with van der Waals surface area (Å²) in [4.78, 5) is 14.5. The van der Waals surface area contributed by atoms with Crippen LogP contribution in [0.3, 0.4) is 0 Å². The third-order valence-electron chi connectivity index (χ3n) is 3.68. The standard InChI is InChI=1S/C16H25N3O/c1-3-17-14-7-5-13(6-8-14)16(20)18-11-12-19(4-2)15-9-10-15/h5-8,15,17H,3-4,9-12H2,1-2H3,(H,18,20). The molecule has 0 heterocycles. The summed E-state index contributed by atoms with van der Waals surface area (Å²) in [5.74, 6) is 0.0138. The molecule has 2 rings (SSSR count). The number of nitrogens with zero attached hydrogens (tertiary/aromatic N) is 1. The van der Waals surface area contributed by atoms with Gasteiger partial charge in [0.05, 0.1) is 0 Å². The van der Waals surface area contributed by atoms with Gasteiger partial charge in [0, 0.05) is 36.9 Å². The van der Waals surface area contributed by atoms with Crippen molar-refractivity contribution in [1.29, 1.82) is 0 Å². The molecule has 0 bridgehead atoms. The molecule has 20 heavy (non-hydrogen) atoms. The maximum absolute atomic E-state index is 12.0. The van der Waals surface area contributed by atoms with E-state index in [0.29, 0.717) is 0 Å². The fourth-order valence-corrected chi connectivity index (χ4v) is 2.40. The average Bonchev–Trinajstić information content (AvgIpc) is 3.29. The molecule has 0 aliphatic heterocycles. The Bertz CT molecular complexity index is 426. The summed E-state index contributed by atoms with van der Waals surface area (Å²) in [6, 6.07) is 8.38. The molecule has 1 aliphatic carbocycles. The Hall–Kier alpha value is -1.55. The molecule has 0 radical (unpaired) electrons. The van der Waals surface area contributed by atoms with Gasteiger partial charge in [-0.25, -0.2) is 0 Å². The third kappa shape index (κ3) is 4.23. The van der Waals surface area contributed by atoms with Crippen molar-refractivity contribution >= 4 is 11.6 Å². The van der Waals surface area contributed by atoms with Crippen molar-refractivity contribution in [2.75, 3.05) is 31.5 Å². The number of hydrogen-bond donors (Lipinski definition) is 2. The second-order valence-electron chi connectivity index (χ2n) is 5.22. The van der Waals surface area contributed by atoms with Crippen molar-refractivity contribution in [3.8, 4) is 0 Å². The number of likely N-dealkylation sites (N-methyl/N-ethyl adjacent to an activating group) is 1. The quantitative estimate of drug-likeness (QED) is 0.765. The van der Waals surface area contributed by atoms with E-state index in [4.69, 9.17) is 0 Å². The topological polar surface area (TPSA) is 44.4 Å². The Kier molecular flexibility index (Phi) is 5.41. The van der Waals surface area contributed by atoms with E-state index < -0.39 is 0 Å². The maximum Gasteiger partial charge on any atom is 0.251 e. The zero-order valence-electron chi connectivity index (χ0n) is 12.5. The molecule has 1 fully saturated rings. The van der Waals surface area contributed by atoms with Crippen LogP contribution >= 0.6 is 0 Å². The lowest BCUT2D eigenvalue weighted by Crippen LogP contribution is -2.36. The van der Waals surface area contributed by atoms with Crippen molar-refractivity contribution < 1.29 is 4.79 Å². The van der Waals surface area contributed by atoms with Crippen LogP contribution in [0.1, 0.15) is 37.0 Å². The molecular formula is C16H25N3O. The molecule has 1 aliphatic rings. The summed E-state index contributed by atoms with van der Waals surface area (Å²) in [6.45, 7) is 7.86. The number of hydrogen-bond acceptors (Lipinski definition) is 3. The van der Waals surface area contributed by atoms with E-state index >= 15 is 0 Å². The Labute approximate surface area is 121 Å². The van der Waals surface area contributed by atoms with E-state index in [1.54, 1.807) is 0 Å². The van der Waals surface area contributed by atoms with Gasteiger partial charge in [-0.2, -0.15) is 0 Å². The smallest absolute Gasteiger partial charge is 0.251 e. The fourth-order valence-electron chi connectivity index (χ4n) is 2.40. The van der Waals surface area contributed by atoms with Gasteiger partial charge in [0.15, 0.2) is 0 Å². The Morgan fingerprint density at radius 3 is 2.50 bits per heavy atom. The molecule has 0 spiro atoms. The predicted molar refractivity (Wildman–Crippen MR) is 83.2 cm³/mol. The lowest BCUT2D eigenvalue weighted by molar-refractivity contribution is 0.0948. The van der Waals surface area contributed by atoms with Gasteiger partial charge in [0.2, 0.25) is 0 Å². The van der Waals surface area contributed by atoms with Crippen LogP contribution in [0.2, 0.25) is 0 Å². The molecule has 0 aromatic heterocycles. The van der Waals surface area contributed by atoms with E-state index in [1.807, 2.05) is 24.3 Å². The molecule has 0 unspecified atom stereocenters. The van der Waals surface area contributed by atoms with Gasteiger partial charge >= 0.3 is 0 Å². The highest BCUT2D eigenvalue weighted by atomic mass is 16.1. The molecule has 4 nitrogen and oxygen atoms in total. The van der Waals surface area contributed by atoms with Crippen molar-refractivity contribution in [1.82, 2.24) is 10.2 Å². The van der Waals surface area contributed by atoms with E-state index in [-0.39, 0.29) is 5.91 Å². The second kappa shape index (κ2) is 7.29. The summed E-state index contributed by atoms with van der Waals surface area (Å²) < 4.78 is 0. The molecule has 4 heteroatoms. The predicted octanol–water partition coefficient (Wildman–Crippen LogP) is 2.33. The lowest BCUT2D eigenvalue weighted by atomic mass is 10.2. The van der Waals surface area contributed by atoms with Crippen molar-refractivity contribution in [3.63, 3.8) is 0 Å². The Morgan fingerprint density at radius 2 is 1.95 bits per heavy atom. The van der Waals surface area contributed by atoms with Crippen LogP contribution in [0.4, 0.5) is 5.69 Å². The van der Waals surface area contributed by atoms with Crippen LogP contribution in [0.5, 0.6) is 0 Å².